The Bertz CT molecular complexity index is 953. The van der Waals surface area contributed by atoms with E-state index in [0.717, 1.165) is 12.1 Å². The highest BCUT2D eigenvalue weighted by Gasteiger charge is 2.15. The molecule has 0 unspecified atom stereocenters. The van der Waals surface area contributed by atoms with Gasteiger partial charge in [0.05, 0.1) is 23.3 Å². The summed E-state index contributed by atoms with van der Waals surface area (Å²) >= 11 is 0. The first-order valence-corrected chi connectivity index (χ1v) is 8.46. The second-order valence-corrected chi connectivity index (χ2v) is 6.80. The molecule has 5 nitrogen and oxygen atoms in total. The van der Waals surface area contributed by atoms with Crippen LogP contribution in [0.2, 0.25) is 0 Å². The van der Waals surface area contributed by atoms with Crippen LogP contribution in [0.25, 0.3) is 0 Å². The maximum atomic E-state index is 13.2. The summed E-state index contributed by atoms with van der Waals surface area (Å²) in [5, 5.41) is 4.04. The number of nitrogens with one attached hydrogen (secondary N) is 1. The van der Waals surface area contributed by atoms with Crippen LogP contribution in [-0.2, 0) is 16.6 Å². The molecule has 1 heterocycles. The zero-order chi connectivity index (χ0) is 17.2. The fraction of sp³-hybridized carbons (Fsp3) is 0.0625. The lowest BCUT2D eigenvalue weighted by Crippen LogP contribution is -2.12. The number of sulfonamides is 1. The van der Waals surface area contributed by atoms with Crippen LogP contribution in [0.4, 0.5) is 14.5 Å². The van der Waals surface area contributed by atoms with Crippen LogP contribution >= 0.6 is 0 Å². The van der Waals surface area contributed by atoms with Crippen molar-refractivity contribution in [1.82, 2.24) is 9.78 Å². The van der Waals surface area contributed by atoms with Gasteiger partial charge in [0.15, 0.2) is 0 Å². The number of anilines is 1. The summed E-state index contributed by atoms with van der Waals surface area (Å²) in [6.45, 7) is 0.302. The maximum absolute atomic E-state index is 13.2. The third kappa shape index (κ3) is 3.77. The molecule has 0 aliphatic carbocycles. The van der Waals surface area contributed by atoms with Gasteiger partial charge in [-0.15, -0.1) is 0 Å². The molecule has 0 saturated carbocycles. The number of halogens is 2. The van der Waals surface area contributed by atoms with Crippen molar-refractivity contribution in [2.75, 3.05) is 4.72 Å². The second kappa shape index (κ2) is 6.40. The molecular formula is C16H13F2N3O2S. The summed E-state index contributed by atoms with van der Waals surface area (Å²) in [6.07, 6.45) is 2.84. The molecule has 0 atom stereocenters. The van der Waals surface area contributed by atoms with Gasteiger partial charge in [-0.1, -0.05) is 12.1 Å². The Morgan fingerprint density at radius 1 is 1.04 bits per heavy atom. The second-order valence-electron chi connectivity index (χ2n) is 5.12. The minimum absolute atomic E-state index is 0.0539. The Labute approximate surface area is 137 Å². The molecule has 0 aliphatic rings. The Kier molecular flexibility index (Phi) is 4.30. The molecule has 8 heteroatoms. The van der Waals surface area contributed by atoms with E-state index in [4.69, 9.17) is 0 Å². The molecule has 1 N–H and O–H groups in total. The number of aromatic nitrogens is 2. The summed E-state index contributed by atoms with van der Waals surface area (Å²) < 4.78 is 54.3. The summed E-state index contributed by atoms with van der Waals surface area (Å²) in [4.78, 5) is -0.0539. The topological polar surface area (TPSA) is 64.0 Å². The third-order valence-electron chi connectivity index (χ3n) is 3.24. The van der Waals surface area contributed by atoms with Gasteiger partial charge in [-0.25, -0.2) is 17.2 Å². The SMILES string of the molecule is O=S(=O)(Nc1cnn(Cc2cccc(F)c2)c1)c1ccc(F)cc1. The minimum Gasteiger partial charge on any atom is -0.276 e. The average molecular weight is 349 g/mol. The molecule has 124 valence electrons. The van der Waals surface area contributed by atoms with Crippen LogP contribution in [0, 0.1) is 11.6 Å². The van der Waals surface area contributed by atoms with Crippen molar-refractivity contribution in [1.29, 1.82) is 0 Å². The Balaban J connectivity index is 1.75. The Hall–Kier alpha value is -2.74. The first-order chi connectivity index (χ1) is 11.4. The van der Waals surface area contributed by atoms with Crippen LogP contribution in [0.3, 0.4) is 0 Å². The van der Waals surface area contributed by atoms with E-state index in [0.29, 0.717) is 12.1 Å². The van der Waals surface area contributed by atoms with Crippen molar-refractivity contribution in [3.8, 4) is 0 Å². The van der Waals surface area contributed by atoms with Gasteiger partial charge in [0.25, 0.3) is 10.0 Å². The molecule has 0 bridgehead atoms. The third-order valence-corrected chi connectivity index (χ3v) is 4.64. The van der Waals surface area contributed by atoms with Gasteiger partial charge >= 0.3 is 0 Å². The predicted molar refractivity (Wildman–Crippen MR) is 84.9 cm³/mol. The molecule has 3 aromatic rings. The van der Waals surface area contributed by atoms with E-state index in [-0.39, 0.29) is 16.4 Å². The number of nitrogens with zero attached hydrogens (tertiary/aromatic N) is 2. The number of hydrogen-bond acceptors (Lipinski definition) is 3. The minimum atomic E-state index is -3.83. The highest BCUT2D eigenvalue weighted by Crippen LogP contribution is 2.16. The van der Waals surface area contributed by atoms with Crippen LogP contribution in [0.15, 0.2) is 65.8 Å². The molecule has 24 heavy (non-hydrogen) atoms. The van der Waals surface area contributed by atoms with Crippen molar-refractivity contribution in [2.45, 2.75) is 11.4 Å². The maximum Gasteiger partial charge on any atom is 0.261 e. The monoisotopic (exact) mass is 349 g/mol. The molecule has 1 aromatic heterocycles. The standard InChI is InChI=1S/C16H13F2N3O2S/c17-13-4-6-16(7-5-13)24(22,23)20-15-9-19-21(11-15)10-12-2-1-3-14(18)8-12/h1-9,11,20H,10H2. The van der Waals surface area contributed by atoms with Crippen molar-refractivity contribution in [2.24, 2.45) is 0 Å². The number of benzene rings is 2. The van der Waals surface area contributed by atoms with Crippen LogP contribution < -0.4 is 4.72 Å². The average Bonchev–Trinajstić information content (AvgIpc) is 2.94. The lowest BCUT2D eigenvalue weighted by atomic mass is 10.2. The van der Waals surface area contributed by atoms with Crippen LogP contribution in [0.5, 0.6) is 0 Å². The Morgan fingerprint density at radius 3 is 2.50 bits per heavy atom. The van der Waals surface area contributed by atoms with E-state index < -0.39 is 15.8 Å². The summed E-state index contributed by atoms with van der Waals surface area (Å²) in [5.74, 6) is -0.867. The largest absolute Gasteiger partial charge is 0.276 e. The summed E-state index contributed by atoms with van der Waals surface area (Å²) in [6, 6.07) is 10.5. The fourth-order valence-electron chi connectivity index (χ4n) is 2.15. The molecule has 0 spiro atoms. The number of hydrogen-bond donors (Lipinski definition) is 1. The molecule has 0 amide bonds. The molecule has 0 fully saturated rings. The van der Waals surface area contributed by atoms with Gasteiger partial charge < -0.3 is 0 Å². The van der Waals surface area contributed by atoms with Crippen LogP contribution in [0.1, 0.15) is 5.56 Å². The quantitative estimate of drug-likeness (QED) is 0.770. The molecule has 3 rings (SSSR count). The summed E-state index contributed by atoms with van der Waals surface area (Å²) in [5.41, 5.74) is 0.960. The van der Waals surface area contributed by atoms with E-state index in [2.05, 4.69) is 9.82 Å². The van der Waals surface area contributed by atoms with Gasteiger partial charge in [0, 0.05) is 6.20 Å². The van der Waals surface area contributed by atoms with Crippen molar-refractivity contribution >= 4 is 15.7 Å². The molecule has 0 saturated heterocycles. The first-order valence-electron chi connectivity index (χ1n) is 6.98. The normalized spacial score (nSPS) is 11.4. The smallest absolute Gasteiger partial charge is 0.261 e. The van der Waals surface area contributed by atoms with Gasteiger partial charge in [0.1, 0.15) is 11.6 Å². The van der Waals surface area contributed by atoms with Gasteiger partial charge in [-0.3, -0.25) is 9.40 Å². The Morgan fingerprint density at radius 2 is 1.79 bits per heavy atom. The predicted octanol–water partition coefficient (Wildman–Crippen LogP) is 3.01. The van der Waals surface area contributed by atoms with Crippen molar-refractivity contribution in [3.63, 3.8) is 0 Å². The van der Waals surface area contributed by atoms with Crippen LogP contribution in [-0.4, -0.2) is 18.2 Å². The first kappa shape index (κ1) is 16.1. The number of rotatable bonds is 5. The highest BCUT2D eigenvalue weighted by molar-refractivity contribution is 7.92. The molecule has 0 radical (unpaired) electrons. The molecule has 2 aromatic carbocycles. The highest BCUT2D eigenvalue weighted by atomic mass is 32.2. The lowest BCUT2D eigenvalue weighted by Gasteiger charge is -2.05. The van der Waals surface area contributed by atoms with Gasteiger partial charge in [-0.05, 0) is 42.0 Å². The van der Waals surface area contributed by atoms with Crippen molar-refractivity contribution in [3.05, 3.63) is 78.1 Å². The zero-order valence-electron chi connectivity index (χ0n) is 12.4. The van der Waals surface area contributed by atoms with E-state index >= 15 is 0 Å². The summed E-state index contributed by atoms with van der Waals surface area (Å²) in [7, 11) is -3.83. The zero-order valence-corrected chi connectivity index (χ0v) is 13.2. The van der Waals surface area contributed by atoms with Gasteiger partial charge in [-0.2, -0.15) is 5.10 Å². The van der Waals surface area contributed by atoms with E-state index in [1.54, 1.807) is 12.1 Å². The van der Waals surface area contributed by atoms with E-state index in [1.165, 1.54) is 41.3 Å². The van der Waals surface area contributed by atoms with E-state index in [1.807, 2.05) is 0 Å². The molecular weight excluding hydrogens is 336 g/mol. The van der Waals surface area contributed by atoms with Crippen molar-refractivity contribution < 1.29 is 17.2 Å². The molecule has 0 aliphatic heterocycles. The van der Waals surface area contributed by atoms with E-state index in [9.17, 15) is 17.2 Å². The lowest BCUT2D eigenvalue weighted by molar-refractivity contribution is 0.599. The van der Waals surface area contributed by atoms with Gasteiger partial charge in [0.2, 0.25) is 0 Å². The fourth-order valence-corrected chi connectivity index (χ4v) is 3.18.